The summed E-state index contributed by atoms with van der Waals surface area (Å²) in [6, 6.07) is 0.0782. The van der Waals surface area contributed by atoms with Gasteiger partial charge in [0, 0.05) is 0 Å². The second-order valence-electron chi connectivity index (χ2n) is 3.34. The fraction of sp³-hybridized carbons (Fsp3) is 0.778. The molecular weight excluding hydrogens is 200 g/mol. The van der Waals surface area contributed by atoms with Crippen molar-refractivity contribution in [3.8, 4) is 0 Å². The molecule has 0 aromatic rings. The summed E-state index contributed by atoms with van der Waals surface area (Å²) in [6.07, 6.45) is 2.00. The fourth-order valence-electron chi connectivity index (χ4n) is 1.71. The van der Waals surface area contributed by atoms with E-state index in [4.69, 9.17) is 22.7 Å². The number of nitrogens with zero attached hydrogens (tertiary/aromatic N) is 1. The predicted octanol–water partition coefficient (Wildman–Crippen LogP) is 0.300. The van der Waals surface area contributed by atoms with Gasteiger partial charge >= 0.3 is 5.97 Å². The van der Waals surface area contributed by atoms with Gasteiger partial charge in [0.2, 0.25) is 0 Å². The van der Waals surface area contributed by atoms with E-state index in [1.54, 1.807) is 6.92 Å². The third-order valence-corrected chi connectivity index (χ3v) is 2.60. The molecule has 80 valence electrons. The van der Waals surface area contributed by atoms with Crippen molar-refractivity contribution in [1.82, 2.24) is 4.90 Å². The SMILES string of the molecule is CCOC(=O)CN1CCCC1C(N)=S. The smallest absolute Gasteiger partial charge is 0.320 e. The van der Waals surface area contributed by atoms with Crippen LogP contribution in [0.2, 0.25) is 0 Å². The average Bonchev–Trinajstić information content (AvgIpc) is 2.52. The molecule has 1 aliphatic rings. The molecule has 1 rings (SSSR count). The Morgan fingerprint density at radius 1 is 1.71 bits per heavy atom. The molecule has 0 amide bonds. The van der Waals surface area contributed by atoms with Crippen LogP contribution in [0, 0.1) is 0 Å². The zero-order chi connectivity index (χ0) is 10.6. The van der Waals surface area contributed by atoms with Gasteiger partial charge in [-0.25, -0.2) is 0 Å². The minimum atomic E-state index is -0.198. The lowest BCUT2D eigenvalue weighted by Gasteiger charge is -2.21. The third-order valence-electron chi connectivity index (χ3n) is 2.33. The van der Waals surface area contributed by atoms with Crippen molar-refractivity contribution in [3.05, 3.63) is 0 Å². The predicted molar refractivity (Wildman–Crippen MR) is 58.0 cm³/mol. The molecule has 1 aliphatic heterocycles. The van der Waals surface area contributed by atoms with Crippen LogP contribution in [-0.4, -0.2) is 41.6 Å². The van der Waals surface area contributed by atoms with Gasteiger partial charge in [-0.15, -0.1) is 0 Å². The highest BCUT2D eigenvalue weighted by Gasteiger charge is 2.28. The lowest BCUT2D eigenvalue weighted by Crippen LogP contribution is -2.42. The van der Waals surface area contributed by atoms with Gasteiger partial charge in [-0.3, -0.25) is 9.69 Å². The summed E-state index contributed by atoms with van der Waals surface area (Å²) in [5.41, 5.74) is 5.58. The van der Waals surface area contributed by atoms with Crippen molar-refractivity contribution in [3.63, 3.8) is 0 Å². The largest absolute Gasteiger partial charge is 0.465 e. The molecule has 2 N–H and O–H groups in total. The molecule has 1 atom stereocenters. The average molecular weight is 216 g/mol. The van der Waals surface area contributed by atoms with Crippen LogP contribution in [0.3, 0.4) is 0 Å². The number of thiocarbonyl (C=S) groups is 1. The number of hydrogen-bond acceptors (Lipinski definition) is 4. The molecule has 0 bridgehead atoms. The quantitative estimate of drug-likeness (QED) is 0.541. The Hall–Kier alpha value is -0.680. The second-order valence-corrected chi connectivity index (χ2v) is 3.81. The van der Waals surface area contributed by atoms with Gasteiger partial charge in [-0.05, 0) is 26.3 Å². The summed E-state index contributed by atoms with van der Waals surface area (Å²) in [4.78, 5) is 13.7. The number of carbonyl (C=O) groups excluding carboxylic acids is 1. The van der Waals surface area contributed by atoms with Crippen molar-refractivity contribution in [1.29, 1.82) is 0 Å². The van der Waals surface area contributed by atoms with Crippen molar-refractivity contribution in [2.75, 3.05) is 19.7 Å². The van der Waals surface area contributed by atoms with E-state index in [1.165, 1.54) is 0 Å². The van der Waals surface area contributed by atoms with Gasteiger partial charge in [-0.1, -0.05) is 12.2 Å². The summed E-state index contributed by atoms with van der Waals surface area (Å²) in [6.45, 7) is 3.40. The van der Waals surface area contributed by atoms with Crippen LogP contribution in [0.5, 0.6) is 0 Å². The molecule has 4 nitrogen and oxygen atoms in total. The Balaban J connectivity index is 2.43. The molecule has 1 fully saturated rings. The molecule has 0 aromatic carbocycles. The van der Waals surface area contributed by atoms with Gasteiger partial charge in [0.05, 0.1) is 24.2 Å². The Morgan fingerprint density at radius 2 is 2.43 bits per heavy atom. The minimum absolute atomic E-state index is 0.0782. The molecule has 0 aromatic heterocycles. The topological polar surface area (TPSA) is 55.6 Å². The Bertz CT molecular complexity index is 233. The highest BCUT2D eigenvalue weighted by Crippen LogP contribution is 2.16. The standard InChI is InChI=1S/C9H16N2O2S/c1-2-13-8(12)6-11-5-3-4-7(11)9(10)14/h7H,2-6H2,1H3,(H2,10,14). The van der Waals surface area contributed by atoms with Crippen molar-refractivity contribution < 1.29 is 9.53 Å². The van der Waals surface area contributed by atoms with Gasteiger partial charge in [0.1, 0.15) is 0 Å². The minimum Gasteiger partial charge on any atom is -0.465 e. The molecular formula is C9H16N2O2S. The van der Waals surface area contributed by atoms with Crippen LogP contribution >= 0.6 is 12.2 Å². The summed E-state index contributed by atoms with van der Waals surface area (Å²) >= 11 is 4.93. The Morgan fingerprint density at radius 3 is 3.00 bits per heavy atom. The fourth-order valence-corrected chi connectivity index (χ4v) is 1.98. The van der Waals surface area contributed by atoms with Crippen LogP contribution in [0.15, 0.2) is 0 Å². The molecule has 0 aliphatic carbocycles. The molecule has 0 spiro atoms. The molecule has 1 heterocycles. The van der Waals surface area contributed by atoms with Crippen molar-refractivity contribution in [2.24, 2.45) is 5.73 Å². The lowest BCUT2D eigenvalue weighted by molar-refractivity contribution is -0.144. The highest BCUT2D eigenvalue weighted by molar-refractivity contribution is 7.80. The summed E-state index contributed by atoms with van der Waals surface area (Å²) in [7, 11) is 0. The zero-order valence-corrected chi connectivity index (χ0v) is 9.18. The van der Waals surface area contributed by atoms with Gasteiger partial charge in [0.15, 0.2) is 0 Å². The third kappa shape index (κ3) is 2.92. The summed E-state index contributed by atoms with van der Waals surface area (Å²) in [5.74, 6) is -0.198. The van der Waals surface area contributed by atoms with E-state index in [2.05, 4.69) is 0 Å². The monoisotopic (exact) mass is 216 g/mol. The normalized spacial score (nSPS) is 22.2. The first-order valence-corrected chi connectivity index (χ1v) is 5.25. The van der Waals surface area contributed by atoms with E-state index < -0.39 is 0 Å². The number of ether oxygens (including phenoxy) is 1. The summed E-state index contributed by atoms with van der Waals surface area (Å²) < 4.78 is 4.87. The van der Waals surface area contributed by atoms with Crippen LogP contribution in [-0.2, 0) is 9.53 Å². The number of esters is 1. The van der Waals surface area contributed by atoms with Gasteiger partial charge in [0.25, 0.3) is 0 Å². The molecule has 0 saturated carbocycles. The molecule has 14 heavy (non-hydrogen) atoms. The van der Waals surface area contributed by atoms with Gasteiger partial charge in [-0.2, -0.15) is 0 Å². The first kappa shape index (κ1) is 11.4. The van der Waals surface area contributed by atoms with Crippen LogP contribution in [0.1, 0.15) is 19.8 Å². The Labute approximate surface area is 89.4 Å². The van der Waals surface area contributed by atoms with Gasteiger partial charge < -0.3 is 10.5 Å². The van der Waals surface area contributed by atoms with Crippen molar-refractivity contribution in [2.45, 2.75) is 25.8 Å². The van der Waals surface area contributed by atoms with E-state index in [0.717, 1.165) is 19.4 Å². The summed E-state index contributed by atoms with van der Waals surface area (Å²) in [5, 5.41) is 0. The highest BCUT2D eigenvalue weighted by atomic mass is 32.1. The number of carbonyl (C=O) groups is 1. The van der Waals surface area contributed by atoms with Crippen LogP contribution in [0.4, 0.5) is 0 Å². The maximum Gasteiger partial charge on any atom is 0.320 e. The number of nitrogens with two attached hydrogens (primary N) is 1. The molecule has 5 heteroatoms. The number of likely N-dealkylation sites (tertiary alicyclic amines) is 1. The first-order valence-electron chi connectivity index (χ1n) is 4.84. The lowest BCUT2D eigenvalue weighted by atomic mass is 10.2. The van der Waals surface area contributed by atoms with E-state index >= 15 is 0 Å². The molecule has 1 unspecified atom stereocenters. The van der Waals surface area contributed by atoms with Crippen LogP contribution < -0.4 is 5.73 Å². The van der Waals surface area contributed by atoms with Crippen LogP contribution in [0.25, 0.3) is 0 Å². The van der Waals surface area contributed by atoms with E-state index in [1.807, 2.05) is 4.90 Å². The maximum atomic E-state index is 11.2. The van der Waals surface area contributed by atoms with Crippen molar-refractivity contribution >= 4 is 23.2 Å². The van der Waals surface area contributed by atoms with E-state index in [0.29, 0.717) is 18.1 Å². The maximum absolute atomic E-state index is 11.2. The number of rotatable bonds is 4. The van der Waals surface area contributed by atoms with E-state index in [-0.39, 0.29) is 12.0 Å². The zero-order valence-electron chi connectivity index (χ0n) is 8.36. The Kier molecular flexibility index (Phi) is 4.28. The first-order chi connectivity index (χ1) is 6.65. The molecule has 0 radical (unpaired) electrons. The second kappa shape index (κ2) is 5.26. The van der Waals surface area contributed by atoms with E-state index in [9.17, 15) is 4.79 Å². The molecule has 1 saturated heterocycles. The number of hydrogen-bond donors (Lipinski definition) is 1.